The van der Waals surface area contributed by atoms with Crippen LogP contribution < -0.4 is 10.5 Å². The summed E-state index contributed by atoms with van der Waals surface area (Å²) in [6.45, 7) is -0.234. The van der Waals surface area contributed by atoms with E-state index in [1.807, 2.05) is 6.07 Å². The van der Waals surface area contributed by atoms with Gasteiger partial charge in [-0.3, -0.25) is 0 Å². The highest BCUT2D eigenvalue weighted by molar-refractivity contribution is 7.89. The molecule has 0 spiro atoms. The minimum Gasteiger partial charge on any atom is -0.398 e. The molecule has 1 aromatic rings. The molecule has 0 atom stereocenters. The molecule has 1 aromatic carbocycles. The zero-order valence-corrected chi connectivity index (χ0v) is 11.8. The molecule has 6 nitrogen and oxygen atoms in total. The van der Waals surface area contributed by atoms with E-state index in [0.717, 1.165) is 12.8 Å². The fraction of sp³-hybridized carbons (Fsp3) is 0.462. The van der Waals surface area contributed by atoms with Gasteiger partial charge in [0.1, 0.15) is 4.90 Å². The number of aliphatic hydroxyl groups is 1. The molecule has 108 valence electrons. The van der Waals surface area contributed by atoms with E-state index in [2.05, 4.69) is 4.72 Å². The lowest BCUT2D eigenvalue weighted by Gasteiger charge is -2.27. The van der Waals surface area contributed by atoms with Crippen molar-refractivity contribution in [1.82, 2.24) is 4.72 Å². The Balaban J connectivity index is 2.34. The highest BCUT2D eigenvalue weighted by Crippen LogP contribution is 2.31. The summed E-state index contributed by atoms with van der Waals surface area (Å²) < 4.78 is 27.3. The number of nitrogens with zero attached hydrogens (tertiary/aromatic N) is 1. The fourth-order valence-corrected chi connectivity index (χ4v) is 4.11. The van der Waals surface area contributed by atoms with E-state index >= 15 is 0 Å². The quantitative estimate of drug-likeness (QED) is 0.708. The van der Waals surface area contributed by atoms with Crippen LogP contribution in [-0.2, 0) is 10.0 Å². The fourth-order valence-electron chi connectivity index (χ4n) is 2.55. The smallest absolute Gasteiger partial charge is 0.243 e. The average molecular weight is 295 g/mol. The number of anilines is 1. The topological polar surface area (TPSA) is 116 Å². The van der Waals surface area contributed by atoms with Gasteiger partial charge in [0.15, 0.2) is 0 Å². The molecule has 0 aliphatic heterocycles. The van der Waals surface area contributed by atoms with E-state index in [1.165, 1.54) is 18.2 Å². The minimum absolute atomic E-state index is 0.0302. The SMILES string of the molecule is N#Cc1ccc(S(=O)(=O)NC2(CO)CCCC2)c(N)c1. The number of hydrogen-bond acceptors (Lipinski definition) is 5. The molecule has 0 aromatic heterocycles. The normalized spacial score (nSPS) is 17.8. The summed E-state index contributed by atoms with van der Waals surface area (Å²) in [7, 11) is -3.81. The van der Waals surface area contributed by atoms with Crippen molar-refractivity contribution in [2.45, 2.75) is 36.1 Å². The number of nitriles is 1. The van der Waals surface area contributed by atoms with Gasteiger partial charge in [0.05, 0.1) is 29.5 Å². The van der Waals surface area contributed by atoms with Gasteiger partial charge >= 0.3 is 0 Å². The first kappa shape index (κ1) is 14.8. The molecule has 1 aliphatic carbocycles. The number of hydrogen-bond donors (Lipinski definition) is 3. The van der Waals surface area contributed by atoms with Crippen LogP contribution in [0, 0.1) is 11.3 Å². The van der Waals surface area contributed by atoms with Crippen molar-refractivity contribution in [1.29, 1.82) is 5.26 Å². The van der Waals surface area contributed by atoms with Crippen molar-refractivity contribution >= 4 is 15.7 Å². The number of aliphatic hydroxyl groups excluding tert-OH is 1. The summed E-state index contributed by atoms with van der Waals surface area (Å²) in [6, 6.07) is 5.95. The van der Waals surface area contributed by atoms with Gasteiger partial charge in [0.25, 0.3) is 0 Å². The first-order chi connectivity index (χ1) is 9.42. The van der Waals surface area contributed by atoms with Crippen molar-refractivity contribution in [3.63, 3.8) is 0 Å². The van der Waals surface area contributed by atoms with E-state index in [0.29, 0.717) is 18.4 Å². The van der Waals surface area contributed by atoms with Gasteiger partial charge in [0, 0.05) is 0 Å². The van der Waals surface area contributed by atoms with Crippen LogP contribution in [-0.4, -0.2) is 25.7 Å². The third-order valence-electron chi connectivity index (χ3n) is 3.64. The maximum absolute atomic E-state index is 12.4. The monoisotopic (exact) mass is 295 g/mol. The number of nitrogen functional groups attached to an aromatic ring is 1. The van der Waals surface area contributed by atoms with E-state index in [-0.39, 0.29) is 17.2 Å². The van der Waals surface area contributed by atoms with E-state index in [4.69, 9.17) is 11.0 Å². The molecule has 1 saturated carbocycles. The van der Waals surface area contributed by atoms with Crippen molar-refractivity contribution in [3.8, 4) is 6.07 Å². The molecular formula is C13H17N3O3S. The highest BCUT2D eigenvalue weighted by Gasteiger charge is 2.37. The Hall–Kier alpha value is -1.62. The Kier molecular flexibility index (Phi) is 3.99. The molecule has 0 unspecified atom stereocenters. The maximum Gasteiger partial charge on any atom is 0.243 e. The van der Waals surface area contributed by atoms with Crippen LogP contribution in [0.15, 0.2) is 23.1 Å². The largest absolute Gasteiger partial charge is 0.398 e. The number of nitrogens with one attached hydrogen (secondary N) is 1. The summed E-state index contributed by atoms with van der Waals surface area (Å²) >= 11 is 0. The number of benzene rings is 1. The van der Waals surface area contributed by atoms with Gasteiger partial charge in [0.2, 0.25) is 10.0 Å². The molecule has 0 heterocycles. The van der Waals surface area contributed by atoms with Gasteiger partial charge in [-0.1, -0.05) is 12.8 Å². The molecule has 0 bridgehead atoms. The Morgan fingerprint density at radius 2 is 2.05 bits per heavy atom. The first-order valence-corrected chi connectivity index (χ1v) is 7.85. The van der Waals surface area contributed by atoms with Gasteiger partial charge in [-0.05, 0) is 31.0 Å². The third-order valence-corrected chi connectivity index (χ3v) is 5.30. The number of nitrogens with two attached hydrogens (primary N) is 1. The minimum atomic E-state index is -3.81. The first-order valence-electron chi connectivity index (χ1n) is 6.37. The van der Waals surface area contributed by atoms with Crippen LogP contribution in [0.1, 0.15) is 31.2 Å². The van der Waals surface area contributed by atoms with Crippen LogP contribution >= 0.6 is 0 Å². The van der Waals surface area contributed by atoms with Crippen molar-refractivity contribution in [3.05, 3.63) is 23.8 Å². The standard InChI is InChI=1S/C13H17N3O3S/c14-8-10-3-4-12(11(15)7-10)20(18,19)16-13(9-17)5-1-2-6-13/h3-4,7,16-17H,1-2,5-6,9,15H2. The molecule has 0 radical (unpaired) electrons. The lowest BCUT2D eigenvalue weighted by atomic mass is 10.0. The second kappa shape index (κ2) is 5.40. The van der Waals surface area contributed by atoms with Crippen molar-refractivity contribution in [2.24, 2.45) is 0 Å². The molecule has 0 saturated heterocycles. The Morgan fingerprint density at radius 3 is 2.55 bits per heavy atom. The summed E-state index contributed by atoms with van der Waals surface area (Å²) in [5, 5.41) is 18.2. The summed E-state index contributed by atoms with van der Waals surface area (Å²) in [4.78, 5) is -0.0591. The Morgan fingerprint density at radius 1 is 1.40 bits per heavy atom. The van der Waals surface area contributed by atoms with E-state index < -0.39 is 15.6 Å². The Bertz CT molecular complexity index is 643. The second-order valence-electron chi connectivity index (χ2n) is 5.12. The Labute approximate surface area is 118 Å². The van der Waals surface area contributed by atoms with Crippen LogP contribution in [0.3, 0.4) is 0 Å². The average Bonchev–Trinajstić information content (AvgIpc) is 2.86. The van der Waals surface area contributed by atoms with Crippen LogP contribution in [0.4, 0.5) is 5.69 Å². The summed E-state index contributed by atoms with van der Waals surface area (Å²) in [6.07, 6.45) is 2.98. The van der Waals surface area contributed by atoms with Crippen LogP contribution in [0.2, 0.25) is 0 Å². The molecule has 1 aliphatic rings. The molecule has 1 fully saturated rings. The predicted octanol–water partition coefficient (Wildman–Crippen LogP) is 0.724. The van der Waals surface area contributed by atoms with Gasteiger partial charge in [-0.15, -0.1) is 0 Å². The highest BCUT2D eigenvalue weighted by atomic mass is 32.2. The lowest BCUT2D eigenvalue weighted by Crippen LogP contribution is -2.49. The van der Waals surface area contributed by atoms with Crippen LogP contribution in [0.5, 0.6) is 0 Å². The van der Waals surface area contributed by atoms with E-state index in [9.17, 15) is 13.5 Å². The second-order valence-corrected chi connectivity index (χ2v) is 6.77. The molecule has 7 heteroatoms. The predicted molar refractivity (Wildman–Crippen MR) is 74.2 cm³/mol. The lowest BCUT2D eigenvalue weighted by molar-refractivity contribution is 0.185. The van der Waals surface area contributed by atoms with Crippen molar-refractivity contribution in [2.75, 3.05) is 12.3 Å². The molecule has 4 N–H and O–H groups in total. The number of sulfonamides is 1. The van der Waals surface area contributed by atoms with Crippen LogP contribution in [0.25, 0.3) is 0 Å². The summed E-state index contributed by atoms with van der Waals surface area (Å²) in [5.74, 6) is 0. The third kappa shape index (κ3) is 2.77. The molecule has 2 rings (SSSR count). The zero-order chi connectivity index (χ0) is 14.8. The number of rotatable bonds is 4. The maximum atomic E-state index is 12.4. The molecule has 0 amide bonds. The zero-order valence-electron chi connectivity index (χ0n) is 11.0. The molecular weight excluding hydrogens is 278 g/mol. The van der Waals surface area contributed by atoms with Gasteiger partial charge < -0.3 is 10.8 Å². The van der Waals surface area contributed by atoms with Gasteiger partial charge in [-0.2, -0.15) is 5.26 Å². The van der Waals surface area contributed by atoms with E-state index in [1.54, 1.807) is 0 Å². The summed E-state index contributed by atoms with van der Waals surface area (Å²) in [5.41, 5.74) is 5.25. The van der Waals surface area contributed by atoms with Gasteiger partial charge in [-0.25, -0.2) is 13.1 Å². The van der Waals surface area contributed by atoms with Crippen molar-refractivity contribution < 1.29 is 13.5 Å². The molecule has 20 heavy (non-hydrogen) atoms.